The molecule has 168 valence electrons. The first-order chi connectivity index (χ1) is 15.4. The minimum Gasteiger partial charge on any atom is -0.495 e. The van der Waals surface area contributed by atoms with Crippen LogP contribution in [0.4, 0.5) is 4.79 Å². The van der Waals surface area contributed by atoms with Gasteiger partial charge in [0.2, 0.25) is 5.91 Å². The number of methoxy groups -OCH3 is 1. The first kappa shape index (κ1) is 22.2. The second kappa shape index (κ2) is 9.22. The lowest BCUT2D eigenvalue weighted by molar-refractivity contribution is -0.139. The van der Waals surface area contributed by atoms with E-state index in [2.05, 4.69) is 4.57 Å². The number of para-hydroxylation sites is 2. The Morgan fingerprint density at radius 2 is 1.91 bits per heavy atom. The number of benzene rings is 1. The van der Waals surface area contributed by atoms with Crippen molar-refractivity contribution in [2.75, 3.05) is 40.0 Å². The molecule has 0 unspecified atom stereocenters. The molecule has 4 rings (SSSR count). The summed E-state index contributed by atoms with van der Waals surface area (Å²) in [4.78, 5) is 40.8. The van der Waals surface area contributed by atoms with Crippen LogP contribution in [0.25, 0.3) is 11.8 Å². The number of ether oxygens (including phenoxy) is 2. The van der Waals surface area contributed by atoms with E-state index < -0.39 is 11.1 Å². The fourth-order valence-electron chi connectivity index (χ4n) is 3.94. The van der Waals surface area contributed by atoms with E-state index in [0.717, 1.165) is 45.1 Å². The maximum atomic E-state index is 12.9. The monoisotopic (exact) mass is 455 g/mol. The van der Waals surface area contributed by atoms with Gasteiger partial charge in [0.05, 0.1) is 30.9 Å². The van der Waals surface area contributed by atoms with Crippen molar-refractivity contribution in [1.29, 1.82) is 0 Å². The molecular weight excluding hydrogens is 430 g/mol. The number of carbonyl (C=O) groups is 3. The Morgan fingerprint density at radius 1 is 1.19 bits per heavy atom. The number of hydrogen-bond acceptors (Lipinski definition) is 6. The lowest BCUT2D eigenvalue weighted by atomic mass is 10.2. The van der Waals surface area contributed by atoms with Crippen LogP contribution in [0.1, 0.15) is 17.0 Å². The maximum Gasteiger partial charge on any atom is 0.294 e. The maximum absolute atomic E-state index is 12.9. The van der Waals surface area contributed by atoms with Crippen molar-refractivity contribution in [2.45, 2.75) is 13.8 Å². The summed E-state index contributed by atoms with van der Waals surface area (Å²) in [5, 5.41) is -0.429. The van der Waals surface area contributed by atoms with E-state index in [1.807, 2.05) is 44.2 Å². The predicted molar refractivity (Wildman–Crippen MR) is 122 cm³/mol. The largest absolute Gasteiger partial charge is 0.495 e. The SMILES string of the molecule is COc1ccccc1-n1c(C)cc(/C=C2\SC(=O)N(CC(=O)N3CCOCC3)C2=O)c1C. The van der Waals surface area contributed by atoms with E-state index >= 15 is 0 Å². The summed E-state index contributed by atoms with van der Waals surface area (Å²) in [5.74, 6) is 0.0534. The molecule has 8 nitrogen and oxygen atoms in total. The normalized spacial score (nSPS) is 18.0. The van der Waals surface area contributed by atoms with E-state index in [9.17, 15) is 14.4 Å². The summed E-state index contributed by atoms with van der Waals surface area (Å²) in [6.45, 7) is 5.56. The molecule has 3 amide bonds. The number of imide groups is 1. The van der Waals surface area contributed by atoms with Crippen LogP contribution in [0.3, 0.4) is 0 Å². The van der Waals surface area contributed by atoms with Gasteiger partial charge in [-0.3, -0.25) is 19.3 Å². The molecule has 0 atom stereocenters. The zero-order chi connectivity index (χ0) is 22.8. The van der Waals surface area contributed by atoms with Gasteiger partial charge < -0.3 is 18.9 Å². The Hall–Kier alpha value is -3.04. The summed E-state index contributed by atoms with van der Waals surface area (Å²) in [6.07, 6.45) is 1.72. The Bertz CT molecular complexity index is 1100. The molecule has 2 aliphatic rings. The van der Waals surface area contributed by atoms with Crippen molar-refractivity contribution in [2.24, 2.45) is 0 Å². The van der Waals surface area contributed by atoms with Crippen LogP contribution in [0.15, 0.2) is 35.2 Å². The predicted octanol–water partition coefficient (Wildman–Crippen LogP) is 3.00. The zero-order valence-corrected chi connectivity index (χ0v) is 19.1. The summed E-state index contributed by atoms with van der Waals surface area (Å²) < 4.78 is 12.8. The molecule has 2 fully saturated rings. The van der Waals surface area contributed by atoms with Crippen LogP contribution in [0.2, 0.25) is 0 Å². The van der Waals surface area contributed by atoms with Crippen molar-refractivity contribution in [3.05, 3.63) is 52.2 Å². The zero-order valence-electron chi connectivity index (χ0n) is 18.3. The van der Waals surface area contributed by atoms with Gasteiger partial charge in [-0.15, -0.1) is 0 Å². The molecule has 0 spiro atoms. The molecule has 0 bridgehead atoms. The second-order valence-electron chi connectivity index (χ2n) is 7.59. The molecule has 0 N–H and O–H groups in total. The van der Waals surface area contributed by atoms with Gasteiger partial charge >= 0.3 is 0 Å². The molecule has 0 aliphatic carbocycles. The van der Waals surface area contributed by atoms with Crippen LogP contribution in [0.5, 0.6) is 5.75 Å². The van der Waals surface area contributed by atoms with Crippen molar-refractivity contribution in [1.82, 2.24) is 14.4 Å². The molecule has 1 aromatic heterocycles. The average Bonchev–Trinajstić information content (AvgIpc) is 3.23. The van der Waals surface area contributed by atoms with Gasteiger partial charge in [0.1, 0.15) is 12.3 Å². The first-order valence-electron chi connectivity index (χ1n) is 10.3. The van der Waals surface area contributed by atoms with E-state index in [-0.39, 0.29) is 12.5 Å². The van der Waals surface area contributed by atoms with Crippen molar-refractivity contribution in [3.63, 3.8) is 0 Å². The summed E-state index contributed by atoms with van der Waals surface area (Å²) in [6, 6.07) is 9.67. The van der Waals surface area contributed by atoms with Crippen LogP contribution >= 0.6 is 11.8 Å². The molecule has 2 aliphatic heterocycles. The molecular formula is C23H25N3O5S. The number of aromatic nitrogens is 1. The molecule has 0 radical (unpaired) electrons. The smallest absolute Gasteiger partial charge is 0.294 e. The van der Waals surface area contributed by atoms with Crippen LogP contribution < -0.4 is 4.74 Å². The lowest BCUT2D eigenvalue weighted by Gasteiger charge is -2.28. The third-order valence-corrected chi connectivity index (χ3v) is 6.52. The number of hydrogen-bond donors (Lipinski definition) is 0. The average molecular weight is 456 g/mol. The third-order valence-electron chi connectivity index (χ3n) is 5.61. The Balaban J connectivity index is 1.57. The minimum atomic E-state index is -0.441. The van der Waals surface area contributed by atoms with Gasteiger partial charge in [0.15, 0.2) is 0 Å². The highest BCUT2D eigenvalue weighted by molar-refractivity contribution is 8.18. The number of morpholine rings is 1. The standard InChI is InChI=1S/C23H25N3O5S/c1-15-12-17(16(2)26(15)18-6-4-5-7-19(18)30-3)13-20-22(28)25(23(29)32-20)14-21(27)24-8-10-31-11-9-24/h4-7,12-13H,8-11,14H2,1-3H3/b20-13-. The molecule has 2 aromatic rings. The summed E-state index contributed by atoms with van der Waals surface area (Å²) >= 11 is 0.862. The Morgan fingerprint density at radius 3 is 2.62 bits per heavy atom. The van der Waals surface area contributed by atoms with Crippen molar-refractivity contribution < 1.29 is 23.9 Å². The molecule has 0 saturated carbocycles. The van der Waals surface area contributed by atoms with Gasteiger partial charge in [-0.1, -0.05) is 12.1 Å². The fourth-order valence-corrected chi connectivity index (χ4v) is 4.77. The van der Waals surface area contributed by atoms with Gasteiger partial charge in [0.25, 0.3) is 11.1 Å². The molecule has 1 aromatic carbocycles. The Labute approximate surface area is 190 Å². The second-order valence-corrected chi connectivity index (χ2v) is 8.59. The highest BCUT2D eigenvalue weighted by Crippen LogP contribution is 2.34. The van der Waals surface area contributed by atoms with E-state index in [0.29, 0.717) is 31.2 Å². The number of carbonyl (C=O) groups excluding carboxylic acids is 3. The molecule has 2 saturated heterocycles. The quantitative estimate of drug-likeness (QED) is 0.645. The fraction of sp³-hybridized carbons (Fsp3) is 0.348. The molecule has 9 heteroatoms. The van der Waals surface area contributed by atoms with Gasteiger partial charge in [-0.05, 0) is 55.4 Å². The summed E-state index contributed by atoms with van der Waals surface area (Å²) in [7, 11) is 1.63. The first-order valence-corrected chi connectivity index (χ1v) is 11.2. The van der Waals surface area contributed by atoms with E-state index in [4.69, 9.17) is 9.47 Å². The Kier molecular flexibility index (Phi) is 6.38. The molecule has 3 heterocycles. The van der Waals surface area contributed by atoms with Crippen molar-refractivity contribution >= 4 is 34.9 Å². The highest BCUT2D eigenvalue weighted by atomic mass is 32.2. The lowest BCUT2D eigenvalue weighted by Crippen LogP contribution is -2.46. The van der Waals surface area contributed by atoms with Crippen LogP contribution in [-0.4, -0.2) is 71.4 Å². The van der Waals surface area contributed by atoms with E-state index in [1.165, 1.54) is 0 Å². The topological polar surface area (TPSA) is 81.1 Å². The highest BCUT2D eigenvalue weighted by Gasteiger charge is 2.37. The number of thioether (sulfide) groups is 1. The van der Waals surface area contributed by atoms with Crippen molar-refractivity contribution in [3.8, 4) is 11.4 Å². The number of amides is 3. The number of rotatable bonds is 5. The number of aryl methyl sites for hydroxylation is 1. The van der Waals surface area contributed by atoms with Crippen LogP contribution in [-0.2, 0) is 14.3 Å². The van der Waals surface area contributed by atoms with Gasteiger partial charge in [-0.2, -0.15) is 0 Å². The van der Waals surface area contributed by atoms with Gasteiger partial charge in [-0.25, -0.2) is 0 Å². The third kappa shape index (κ3) is 4.18. The summed E-state index contributed by atoms with van der Waals surface area (Å²) in [5.41, 5.74) is 3.62. The van der Waals surface area contributed by atoms with Crippen LogP contribution in [0, 0.1) is 13.8 Å². The van der Waals surface area contributed by atoms with Gasteiger partial charge in [0, 0.05) is 24.5 Å². The van der Waals surface area contributed by atoms with E-state index in [1.54, 1.807) is 18.1 Å². The molecule has 32 heavy (non-hydrogen) atoms. The number of nitrogens with zero attached hydrogens (tertiary/aromatic N) is 3. The minimum absolute atomic E-state index is 0.244.